The quantitative estimate of drug-likeness (QED) is 0.797. The zero-order chi connectivity index (χ0) is 15.0. The molecule has 106 valence electrons. The molecule has 0 radical (unpaired) electrons. The molecule has 0 heterocycles. The van der Waals surface area contributed by atoms with Crippen molar-refractivity contribution in [3.05, 3.63) is 53.6 Å². The lowest BCUT2D eigenvalue weighted by Crippen LogP contribution is -2.03. The molecule has 0 unspecified atom stereocenters. The van der Waals surface area contributed by atoms with Gasteiger partial charge in [0.15, 0.2) is 0 Å². The van der Waals surface area contributed by atoms with Crippen molar-refractivity contribution in [3.63, 3.8) is 0 Å². The molecule has 0 saturated heterocycles. The van der Waals surface area contributed by atoms with Gasteiger partial charge in [0.2, 0.25) is 9.84 Å². The van der Waals surface area contributed by atoms with Crippen LogP contribution in [-0.2, 0) is 18.9 Å². The molecular weight excluding hydrogens is 343 g/mol. The van der Waals surface area contributed by atoms with Crippen LogP contribution in [0.3, 0.4) is 0 Å². The summed E-state index contributed by atoms with van der Waals surface area (Å²) in [6, 6.07) is 10.4. The summed E-state index contributed by atoms with van der Waals surface area (Å²) >= 11 is 5.70. The number of rotatable bonds is 3. The largest absolute Gasteiger partial charge is 0.261 e. The minimum Gasteiger partial charge on any atom is -0.219 e. The molecule has 0 N–H and O–H groups in total. The average Bonchev–Trinajstić information content (AvgIpc) is 2.38. The smallest absolute Gasteiger partial charge is 0.219 e. The fourth-order valence-corrected chi connectivity index (χ4v) is 3.85. The van der Waals surface area contributed by atoms with Crippen molar-refractivity contribution in [2.24, 2.45) is 0 Å². The topological polar surface area (TPSA) is 68.3 Å². The molecule has 2 aromatic carbocycles. The van der Waals surface area contributed by atoms with E-state index in [1.165, 1.54) is 42.5 Å². The van der Waals surface area contributed by atoms with E-state index in [0.29, 0.717) is 5.02 Å². The molecule has 0 spiro atoms. The molecule has 0 atom stereocenters. The summed E-state index contributed by atoms with van der Waals surface area (Å²) in [7, 11) is -2.60. The molecular formula is C12H8Cl2O4S2. The van der Waals surface area contributed by atoms with Gasteiger partial charge < -0.3 is 0 Å². The second kappa shape index (κ2) is 5.37. The summed E-state index contributed by atoms with van der Waals surface area (Å²) in [4.78, 5) is -0.401. The summed E-state index contributed by atoms with van der Waals surface area (Å²) in [5, 5.41) is 0.404. The summed E-state index contributed by atoms with van der Waals surface area (Å²) in [5.74, 6) is 0. The van der Waals surface area contributed by atoms with Gasteiger partial charge in [-0.25, -0.2) is 16.8 Å². The van der Waals surface area contributed by atoms with Crippen LogP contribution in [0, 0.1) is 0 Å². The maximum absolute atomic E-state index is 12.3. The van der Waals surface area contributed by atoms with Crippen LogP contribution >= 0.6 is 22.3 Å². The number of hydrogen-bond acceptors (Lipinski definition) is 4. The van der Waals surface area contributed by atoms with Crippen LogP contribution in [0.15, 0.2) is 63.2 Å². The monoisotopic (exact) mass is 350 g/mol. The molecule has 4 nitrogen and oxygen atoms in total. The molecule has 0 bridgehead atoms. The van der Waals surface area contributed by atoms with Crippen LogP contribution in [-0.4, -0.2) is 16.8 Å². The van der Waals surface area contributed by atoms with Crippen molar-refractivity contribution in [1.82, 2.24) is 0 Å². The van der Waals surface area contributed by atoms with Crippen LogP contribution in [0.4, 0.5) is 0 Å². The van der Waals surface area contributed by atoms with E-state index >= 15 is 0 Å². The lowest BCUT2D eigenvalue weighted by molar-refractivity contribution is 0.595. The van der Waals surface area contributed by atoms with Gasteiger partial charge in [0.05, 0.1) is 14.7 Å². The Bertz CT molecular complexity index is 841. The molecule has 0 aliphatic heterocycles. The average molecular weight is 351 g/mol. The van der Waals surface area contributed by atoms with Crippen molar-refractivity contribution < 1.29 is 16.8 Å². The molecule has 0 aliphatic rings. The molecule has 2 rings (SSSR count). The Kier molecular flexibility index (Phi) is 4.11. The SMILES string of the molecule is O=S(=O)(Cl)c1cccc(S(=O)(=O)c2ccc(Cl)cc2)c1. The van der Waals surface area contributed by atoms with Gasteiger partial charge in [-0.3, -0.25) is 0 Å². The van der Waals surface area contributed by atoms with E-state index in [9.17, 15) is 16.8 Å². The normalized spacial score (nSPS) is 12.3. The Hall–Kier alpha value is -1.08. The third kappa shape index (κ3) is 3.15. The van der Waals surface area contributed by atoms with Gasteiger partial charge in [-0.2, -0.15) is 0 Å². The Morgan fingerprint density at radius 1 is 0.750 bits per heavy atom. The van der Waals surface area contributed by atoms with Crippen molar-refractivity contribution >= 4 is 41.2 Å². The van der Waals surface area contributed by atoms with Crippen LogP contribution in [0.5, 0.6) is 0 Å². The minimum absolute atomic E-state index is 0.0195. The van der Waals surface area contributed by atoms with Crippen molar-refractivity contribution in [3.8, 4) is 0 Å². The molecule has 2 aromatic rings. The summed E-state index contributed by atoms with van der Waals surface area (Å²) in [6.07, 6.45) is 0. The van der Waals surface area contributed by atoms with Crippen LogP contribution in [0.1, 0.15) is 0 Å². The predicted octanol–water partition coefficient (Wildman–Crippen LogP) is 3.10. The molecule has 0 amide bonds. The maximum Gasteiger partial charge on any atom is 0.261 e. The number of sulfone groups is 1. The Morgan fingerprint density at radius 3 is 1.85 bits per heavy atom. The zero-order valence-electron chi connectivity index (χ0n) is 9.82. The highest BCUT2D eigenvalue weighted by molar-refractivity contribution is 8.13. The van der Waals surface area contributed by atoms with Crippen LogP contribution in [0.2, 0.25) is 5.02 Å². The first-order chi connectivity index (χ1) is 9.21. The number of halogens is 2. The zero-order valence-corrected chi connectivity index (χ0v) is 13.0. The molecule has 0 aromatic heterocycles. The first-order valence-corrected chi connectivity index (χ1v) is 9.44. The van der Waals surface area contributed by atoms with Crippen LogP contribution in [0.25, 0.3) is 0 Å². The second-order valence-corrected chi connectivity index (χ2v) is 8.82. The Balaban J connectivity index is 2.58. The molecule has 0 aliphatic carbocycles. The Labute approximate surface area is 126 Å². The van der Waals surface area contributed by atoms with Crippen molar-refractivity contribution in [2.45, 2.75) is 14.7 Å². The summed E-state index contributed by atoms with van der Waals surface area (Å²) < 4.78 is 47.2. The molecule has 20 heavy (non-hydrogen) atoms. The predicted molar refractivity (Wildman–Crippen MR) is 76.4 cm³/mol. The lowest BCUT2D eigenvalue weighted by atomic mass is 10.4. The van der Waals surface area contributed by atoms with Crippen molar-refractivity contribution in [1.29, 1.82) is 0 Å². The second-order valence-electron chi connectivity index (χ2n) is 3.87. The van der Waals surface area contributed by atoms with Crippen LogP contribution < -0.4 is 0 Å². The van der Waals surface area contributed by atoms with E-state index in [0.717, 1.165) is 6.07 Å². The van der Waals surface area contributed by atoms with E-state index in [1.54, 1.807) is 0 Å². The first kappa shape index (κ1) is 15.3. The lowest BCUT2D eigenvalue weighted by Gasteiger charge is -2.06. The van der Waals surface area contributed by atoms with Crippen molar-refractivity contribution in [2.75, 3.05) is 0 Å². The third-order valence-corrected chi connectivity index (χ3v) is 5.89. The fraction of sp³-hybridized carbons (Fsp3) is 0. The van der Waals surface area contributed by atoms with E-state index < -0.39 is 18.9 Å². The van der Waals surface area contributed by atoms with Gasteiger partial charge in [0.1, 0.15) is 0 Å². The van der Waals surface area contributed by atoms with E-state index in [-0.39, 0.29) is 14.7 Å². The summed E-state index contributed by atoms with van der Waals surface area (Å²) in [5.41, 5.74) is 0. The van der Waals surface area contributed by atoms with Gasteiger partial charge in [-0.1, -0.05) is 17.7 Å². The highest BCUT2D eigenvalue weighted by atomic mass is 35.7. The van der Waals surface area contributed by atoms with Gasteiger partial charge in [0.25, 0.3) is 9.05 Å². The number of benzene rings is 2. The Morgan fingerprint density at radius 2 is 1.30 bits per heavy atom. The van der Waals surface area contributed by atoms with Gasteiger partial charge in [0, 0.05) is 15.7 Å². The van der Waals surface area contributed by atoms with Gasteiger partial charge >= 0.3 is 0 Å². The standard InChI is InChI=1S/C12H8Cl2O4S2/c13-9-4-6-10(7-5-9)19(15,16)11-2-1-3-12(8-11)20(14,17)18/h1-8H. The molecule has 8 heteroatoms. The van der Waals surface area contributed by atoms with Gasteiger partial charge in [-0.05, 0) is 42.5 Å². The van der Waals surface area contributed by atoms with E-state index in [1.807, 2.05) is 0 Å². The van der Waals surface area contributed by atoms with Gasteiger partial charge in [-0.15, -0.1) is 0 Å². The maximum atomic E-state index is 12.3. The first-order valence-electron chi connectivity index (χ1n) is 5.27. The highest BCUT2D eigenvalue weighted by Crippen LogP contribution is 2.25. The minimum atomic E-state index is -3.99. The van der Waals surface area contributed by atoms with E-state index in [2.05, 4.69) is 0 Å². The highest BCUT2D eigenvalue weighted by Gasteiger charge is 2.20. The van der Waals surface area contributed by atoms with E-state index in [4.69, 9.17) is 22.3 Å². The third-order valence-electron chi connectivity index (χ3n) is 2.52. The molecule has 0 fully saturated rings. The summed E-state index contributed by atoms with van der Waals surface area (Å²) in [6.45, 7) is 0. The molecule has 0 saturated carbocycles. The fourth-order valence-electron chi connectivity index (χ4n) is 1.54. The number of hydrogen-bond donors (Lipinski definition) is 0.